The standard InChI is InChI=1S/C9H18N2O2/c1-3-5-8(12)11-7-6-9(13)10-4-2/h3-7H2,1-2H3,(H,10,13)(H,11,12). The summed E-state index contributed by atoms with van der Waals surface area (Å²) in [6, 6.07) is 0. The molecule has 0 atom stereocenters. The van der Waals surface area contributed by atoms with Crippen LogP contribution in [0.25, 0.3) is 0 Å². The average molecular weight is 186 g/mol. The number of hydrogen-bond donors (Lipinski definition) is 2. The number of hydrogen-bond acceptors (Lipinski definition) is 2. The molecule has 76 valence electrons. The minimum absolute atomic E-state index is 0.0145. The first-order valence-electron chi connectivity index (χ1n) is 4.74. The summed E-state index contributed by atoms with van der Waals surface area (Å²) in [4.78, 5) is 21.9. The van der Waals surface area contributed by atoms with Gasteiger partial charge < -0.3 is 10.6 Å². The Hall–Kier alpha value is -1.06. The lowest BCUT2D eigenvalue weighted by Gasteiger charge is -2.03. The van der Waals surface area contributed by atoms with Crippen LogP contribution in [0.15, 0.2) is 0 Å². The predicted molar refractivity (Wildman–Crippen MR) is 51.2 cm³/mol. The third-order valence-corrected chi connectivity index (χ3v) is 1.53. The second-order valence-electron chi connectivity index (χ2n) is 2.80. The van der Waals surface area contributed by atoms with Crippen LogP contribution in [0.5, 0.6) is 0 Å². The van der Waals surface area contributed by atoms with E-state index in [9.17, 15) is 9.59 Å². The maximum Gasteiger partial charge on any atom is 0.221 e. The minimum Gasteiger partial charge on any atom is -0.356 e. The Morgan fingerprint density at radius 3 is 2.15 bits per heavy atom. The molecule has 0 aromatic heterocycles. The molecule has 0 heterocycles. The zero-order valence-electron chi connectivity index (χ0n) is 8.35. The van der Waals surface area contributed by atoms with E-state index >= 15 is 0 Å². The summed E-state index contributed by atoms with van der Waals surface area (Å²) in [5.41, 5.74) is 0. The zero-order chi connectivity index (χ0) is 10.1. The quantitative estimate of drug-likeness (QED) is 0.632. The Balaban J connectivity index is 3.33. The highest BCUT2D eigenvalue weighted by atomic mass is 16.2. The van der Waals surface area contributed by atoms with Gasteiger partial charge >= 0.3 is 0 Å². The van der Waals surface area contributed by atoms with E-state index in [0.717, 1.165) is 6.42 Å². The third-order valence-electron chi connectivity index (χ3n) is 1.53. The van der Waals surface area contributed by atoms with Crippen LogP contribution < -0.4 is 10.6 Å². The number of carbonyl (C=O) groups excluding carboxylic acids is 2. The van der Waals surface area contributed by atoms with Crippen molar-refractivity contribution in [2.45, 2.75) is 33.1 Å². The molecule has 0 spiro atoms. The summed E-state index contributed by atoms with van der Waals surface area (Å²) < 4.78 is 0. The number of amides is 2. The van der Waals surface area contributed by atoms with Gasteiger partial charge in [-0.2, -0.15) is 0 Å². The normalized spacial score (nSPS) is 9.38. The highest BCUT2D eigenvalue weighted by Gasteiger charge is 2.01. The van der Waals surface area contributed by atoms with E-state index in [-0.39, 0.29) is 11.8 Å². The molecule has 2 amide bonds. The fraction of sp³-hybridized carbons (Fsp3) is 0.778. The molecular weight excluding hydrogens is 168 g/mol. The summed E-state index contributed by atoms with van der Waals surface area (Å²) in [5.74, 6) is 0.00565. The molecule has 2 N–H and O–H groups in total. The largest absolute Gasteiger partial charge is 0.356 e. The van der Waals surface area contributed by atoms with E-state index in [0.29, 0.717) is 25.9 Å². The van der Waals surface area contributed by atoms with Crippen LogP contribution in [0.3, 0.4) is 0 Å². The second-order valence-corrected chi connectivity index (χ2v) is 2.80. The van der Waals surface area contributed by atoms with Crippen molar-refractivity contribution in [2.75, 3.05) is 13.1 Å². The summed E-state index contributed by atoms with van der Waals surface area (Å²) in [5, 5.41) is 5.33. The van der Waals surface area contributed by atoms with E-state index in [1.807, 2.05) is 13.8 Å². The Kier molecular flexibility index (Phi) is 6.96. The Bertz CT molecular complexity index is 151. The second kappa shape index (κ2) is 7.58. The molecule has 4 nitrogen and oxygen atoms in total. The Labute approximate surface area is 79.1 Å². The van der Waals surface area contributed by atoms with Crippen LogP contribution in [-0.2, 0) is 9.59 Å². The molecule has 0 saturated heterocycles. The van der Waals surface area contributed by atoms with Crippen molar-refractivity contribution in [2.24, 2.45) is 0 Å². The van der Waals surface area contributed by atoms with Crippen molar-refractivity contribution in [1.82, 2.24) is 10.6 Å². The van der Waals surface area contributed by atoms with Crippen molar-refractivity contribution >= 4 is 11.8 Å². The molecule has 0 saturated carbocycles. The van der Waals surface area contributed by atoms with Crippen molar-refractivity contribution < 1.29 is 9.59 Å². The lowest BCUT2D eigenvalue weighted by atomic mass is 10.3. The molecule has 0 aliphatic carbocycles. The first-order chi connectivity index (χ1) is 6.20. The Morgan fingerprint density at radius 2 is 1.62 bits per heavy atom. The molecule has 0 aliphatic rings. The molecule has 0 radical (unpaired) electrons. The van der Waals surface area contributed by atoms with Crippen LogP contribution in [0.2, 0.25) is 0 Å². The summed E-state index contributed by atoms with van der Waals surface area (Å²) in [6.45, 7) is 4.89. The van der Waals surface area contributed by atoms with Crippen LogP contribution in [0, 0.1) is 0 Å². The zero-order valence-corrected chi connectivity index (χ0v) is 8.35. The van der Waals surface area contributed by atoms with Gasteiger partial charge in [0.1, 0.15) is 0 Å². The molecule has 4 heteroatoms. The monoisotopic (exact) mass is 186 g/mol. The molecule has 0 aromatic carbocycles. The first-order valence-corrected chi connectivity index (χ1v) is 4.74. The third kappa shape index (κ3) is 7.31. The highest BCUT2D eigenvalue weighted by molar-refractivity contribution is 5.78. The van der Waals surface area contributed by atoms with Crippen LogP contribution >= 0.6 is 0 Å². The van der Waals surface area contributed by atoms with Crippen LogP contribution in [-0.4, -0.2) is 24.9 Å². The van der Waals surface area contributed by atoms with Crippen LogP contribution in [0.4, 0.5) is 0 Å². The summed E-state index contributed by atoms with van der Waals surface area (Å²) >= 11 is 0. The van der Waals surface area contributed by atoms with Gasteiger partial charge in [0.25, 0.3) is 0 Å². The number of carbonyl (C=O) groups is 2. The maximum absolute atomic E-state index is 10.9. The maximum atomic E-state index is 10.9. The van der Waals surface area contributed by atoms with Gasteiger partial charge in [0.15, 0.2) is 0 Å². The molecule has 0 unspecified atom stereocenters. The van der Waals surface area contributed by atoms with E-state index < -0.39 is 0 Å². The van der Waals surface area contributed by atoms with Gasteiger partial charge in [0.05, 0.1) is 0 Å². The number of nitrogens with one attached hydrogen (secondary N) is 2. The first kappa shape index (κ1) is 11.9. The van der Waals surface area contributed by atoms with Gasteiger partial charge in [-0.15, -0.1) is 0 Å². The molecule has 0 rings (SSSR count). The fourth-order valence-corrected chi connectivity index (χ4v) is 0.916. The molecule has 0 aliphatic heterocycles. The molecule has 0 fully saturated rings. The summed E-state index contributed by atoms with van der Waals surface area (Å²) in [6.07, 6.45) is 1.74. The topological polar surface area (TPSA) is 58.2 Å². The molecule has 13 heavy (non-hydrogen) atoms. The van der Waals surface area contributed by atoms with Crippen molar-refractivity contribution in [1.29, 1.82) is 0 Å². The van der Waals surface area contributed by atoms with Gasteiger partial charge in [-0.1, -0.05) is 6.92 Å². The van der Waals surface area contributed by atoms with Crippen molar-refractivity contribution in [3.8, 4) is 0 Å². The van der Waals surface area contributed by atoms with Crippen molar-refractivity contribution in [3.05, 3.63) is 0 Å². The van der Waals surface area contributed by atoms with E-state index in [2.05, 4.69) is 10.6 Å². The van der Waals surface area contributed by atoms with E-state index in [1.54, 1.807) is 0 Å². The van der Waals surface area contributed by atoms with Gasteiger partial charge in [-0.3, -0.25) is 9.59 Å². The van der Waals surface area contributed by atoms with Gasteiger partial charge in [-0.25, -0.2) is 0 Å². The van der Waals surface area contributed by atoms with Crippen molar-refractivity contribution in [3.63, 3.8) is 0 Å². The van der Waals surface area contributed by atoms with Gasteiger partial charge in [-0.05, 0) is 13.3 Å². The van der Waals surface area contributed by atoms with Gasteiger partial charge in [0.2, 0.25) is 11.8 Å². The average Bonchev–Trinajstić information content (AvgIpc) is 2.05. The fourth-order valence-electron chi connectivity index (χ4n) is 0.916. The summed E-state index contributed by atoms with van der Waals surface area (Å²) in [7, 11) is 0. The molecule has 0 aromatic rings. The predicted octanol–water partition coefficient (Wildman–Crippen LogP) is 0.429. The van der Waals surface area contributed by atoms with E-state index in [4.69, 9.17) is 0 Å². The Morgan fingerprint density at radius 1 is 1.00 bits per heavy atom. The lowest BCUT2D eigenvalue weighted by molar-refractivity contribution is -0.122. The number of rotatable bonds is 6. The smallest absolute Gasteiger partial charge is 0.221 e. The highest BCUT2D eigenvalue weighted by Crippen LogP contribution is 1.85. The molecular formula is C9H18N2O2. The SMILES string of the molecule is CCCC(=O)NCCC(=O)NCC. The lowest BCUT2D eigenvalue weighted by Crippen LogP contribution is -2.30. The molecule has 0 bridgehead atoms. The van der Waals surface area contributed by atoms with Crippen LogP contribution in [0.1, 0.15) is 33.1 Å². The van der Waals surface area contributed by atoms with Gasteiger partial charge in [0, 0.05) is 25.9 Å². The minimum atomic E-state index is -0.0145. The van der Waals surface area contributed by atoms with E-state index in [1.165, 1.54) is 0 Å².